The van der Waals surface area contributed by atoms with Crippen molar-refractivity contribution in [1.82, 2.24) is 9.97 Å². The lowest BCUT2D eigenvalue weighted by atomic mass is 10.3. The van der Waals surface area contributed by atoms with Gasteiger partial charge in [-0.05, 0) is 12.8 Å². The second kappa shape index (κ2) is 3.41. The van der Waals surface area contributed by atoms with Crippen LogP contribution in [0.3, 0.4) is 0 Å². The number of aromatic carboxylic acids is 1. The van der Waals surface area contributed by atoms with Gasteiger partial charge in [-0.2, -0.15) is 0 Å². The summed E-state index contributed by atoms with van der Waals surface area (Å²) in [5, 5.41) is 13.7. The first kappa shape index (κ1) is 9.53. The number of aromatic nitrogens is 2. The molecule has 5 nitrogen and oxygen atoms in total. The van der Waals surface area contributed by atoms with Gasteiger partial charge in [-0.25, -0.2) is 14.8 Å². The Balaban J connectivity index is 2.05. The van der Waals surface area contributed by atoms with Gasteiger partial charge in [0.05, 0.1) is 16.5 Å². The lowest BCUT2D eigenvalue weighted by Gasteiger charge is -2.01. The second-order valence-corrected chi connectivity index (χ2v) is 4.69. The summed E-state index contributed by atoms with van der Waals surface area (Å²) in [4.78, 5) is 19.3. The molecule has 0 spiro atoms. The molecule has 0 unspecified atom stereocenters. The molecule has 16 heavy (non-hydrogen) atoms. The number of fused-ring (bicyclic) bond motifs is 1. The van der Waals surface area contributed by atoms with Crippen LogP contribution in [0.2, 0.25) is 0 Å². The normalized spacial score (nSPS) is 15.2. The van der Waals surface area contributed by atoms with E-state index in [2.05, 4.69) is 15.3 Å². The fraction of sp³-hybridized carbons (Fsp3) is 0.300. The van der Waals surface area contributed by atoms with Crippen LogP contribution < -0.4 is 5.32 Å². The first-order valence-corrected chi connectivity index (χ1v) is 5.86. The molecule has 6 heteroatoms. The van der Waals surface area contributed by atoms with Crippen LogP contribution in [0.4, 0.5) is 5.95 Å². The smallest absolute Gasteiger partial charge is 0.338 e. The van der Waals surface area contributed by atoms with E-state index in [-0.39, 0.29) is 5.56 Å². The molecule has 0 atom stereocenters. The van der Waals surface area contributed by atoms with Crippen LogP contribution in [0.15, 0.2) is 11.6 Å². The van der Waals surface area contributed by atoms with Crippen molar-refractivity contribution in [3.63, 3.8) is 0 Å². The lowest BCUT2D eigenvalue weighted by Crippen LogP contribution is -2.05. The third-order valence-electron chi connectivity index (χ3n) is 2.46. The number of hydrogen-bond acceptors (Lipinski definition) is 5. The molecule has 3 rings (SSSR count). The van der Waals surface area contributed by atoms with Crippen molar-refractivity contribution in [3.8, 4) is 0 Å². The van der Waals surface area contributed by atoms with E-state index in [0.717, 1.165) is 17.5 Å². The third kappa shape index (κ3) is 1.61. The molecule has 2 aromatic rings. The predicted octanol–water partition coefficient (Wildman–Crippen LogP) is 1.96. The number of nitrogens with one attached hydrogen (secondary N) is 1. The van der Waals surface area contributed by atoms with Gasteiger partial charge in [0.15, 0.2) is 0 Å². The highest BCUT2D eigenvalue weighted by molar-refractivity contribution is 7.17. The number of nitrogens with zero attached hydrogens (tertiary/aromatic N) is 2. The van der Waals surface area contributed by atoms with Crippen molar-refractivity contribution >= 4 is 33.5 Å². The largest absolute Gasteiger partial charge is 0.478 e. The standard InChI is InChI=1S/C10H9N3O2S/c14-9(15)6-4-16-7-3-11-10(13-8(6)7)12-5-1-2-5/h3-5H,1-2H2,(H,14,15)(H,11,12,13). The summed E-state index contributed by atoms with van der Waals surface area (Å²) in [5.74, 6) is -0.418. The number of thiophene rings is 1. The molecule has 1 aliphatic carbocycles. The van der Waals surface area contributed by atoms with Gasteiger partial charge in [0.1, 0.15) is 5.52 Å². The molecule has 2 heterocycles. The molecular formula is C10H9N3O2S. The van der Waals surface area contributed by atoms with Crippen molar-refractivity contribution in [1.29, 1.82) is 0 Å². The molecule has 0 bridgehead atoms. The maximum absolute atomic E-state index is 10.9. The van der Waals surface area contributed by atoms with E-state index in [9.17, 15) is 4.79 Å². The van der Waals surface area contributed by atoms with Crippen molar-refractivity contribution in [2.75, 3.05) is 5.32 Å². The molecule has 0 amide bonds. The van der Waals surface area contributed by atoms with Crippen LogP contribution in [0.25, 0.3) is 10.2 Å². The molecule has 0 radical (unpaired) electrons. The first-order chi connectivity index (χ1) is 7.74. The SMILES string of the molecule is O=C(O)c1csc2cnc(NC3CC3)nc12. The van der Waals surface area contributed by atoms with Gasteiger partial charge in [0.2, 0.25) is 5.95 Å². The Hall–Kier alpha value is -1.69. The first-order valence-electron chi connectivity index (χ1n) is 4.98. The second-order valence-electron chi connectivity index (χ2n) is 3.78. The Morgan fingerprint density at radius 2 is 2.38 bits per heavy atom. The Labute approximate surface area is 95.2 Å². The minimum atomic E-state index is -0.942. The van der Waals surface area contributed by atoms with Gasteiger partial charge in [-0.15, -0.1) is 11.3 Å². The van der Waals surface area contributed by atoms with Crippen LogP contribution in [0, 0.1) is 0 Å². The van der Waals surface area contributed by atoms with E-state index in [0.29, 0.717) is 17.5 Å². The Morgan fingerprint density at radius 3 is 3.06 bits per heavy atom. The Bertz CT molecular complexity index is 562. The maximum atomic E-state index is 10.9. The zero-order valence-electron chi connectivity index (χ0n) is 8.30. The quantitative estimate of drug-likeness (QED) is 0.850. The van der Waals surface area contributed by atoms with Crippen LogP contribution in [0.1, 0.15) is 23.2 Å². The minimum absolute atomic E-state index is 0.251. The average molecular weight is 235 g/mol. The van der Waals surface area contributed by atoms with Gasteiger partial charge in [-0.3, -0.25) is 0 Å². The summed E-state index contributed by atoms with van der Waals surface area (Å²) >= 11 is 1.35. The fourth-order valence-electron chi connectivity index (χ4n) is 1.46. The fourth-order valence-corrected chi connectivity index (χ4v) is 2.30. The van der Waals surface area contributed by atoms with Crippen molar-refractivity contribution in [2.24, 2.45) is 0 Å². The molecule has 1 fully saturated rings. The zero-order valence-corrected chi connectivity index (χ0v) is 9.12. The van der Waals surface area contributed by atoms with Gasteiger partial charge >= 0.3 is 5.97 Å². The highest BCUT2D eigenvalue weighted by Gasteiger charge is 2.22. The van der Waals surface area contributed by atoms with Crippen molar-refractivity contribution in [3.05, 3.63) is 17.1 Å². The topological polar surface area (TPSA) is 75.1 Å². The van der Waals surface area contributed by atoms with Crippen LogP contribution in [-0.4, -0.2) is 27.1 Å². The molecule has 1 aliphatic rings. The monoisotopic (exact) mass is 235 g/mol. The summed E-state index contributed by atoms with van der Waals surface area (Å²) in [6, 6.07) is 0.462. The molecule has 0 aliphatic heterocycles. The van der Waals surface area contributed by atoms with E-state index in [1.54, 1.807) is 11.6 Å². The number of carbonyl (C=O) groups is 1. The third-order valence-corrected chi connectivity index (χ3v) is 3.36. The van der Waals surface area contributed by atoms with E-state index in [1.807, 2.05) is 0 Å². The predicted molar refractivity (Wildman–Crippen MR) is 61.0 cm³/mol. The van der Waals surface area contributed by atoms with Gasteiger partial charge in [0.25, 0.3) is 0 Å². The number of anilines is 1. The average Bonchev–Trinajstić information content (AvgIpc) is 2.96. The number of rotatable bonds is 3. The highest BCUT2D eigenvalue weighted by Crippen LogP contribution is 2.27. The molecule has 2 N–H and O–H groups in total. The van der Waals surface area contributed by atoms with Gasteiger partial charge in [0, 0.05) is 11.4 Å². The van der Waals surface area contributed by atoms with E-state index >= 15 is 0 Å². The number of carboxylic acids is 1. The van der Waals surface area contributed by atoms with E-state index < -0.39 is 5.97 Å². The minimum Gasteiger partial charge on any atom is -0.478 e. The van der Waals surface area contributed by atoms with Crippen molar-refractivity contribution < 1.29 is 9.90 Å². The molecule has 0 saturated heterocycles. The van der Waals surface area contributed by atoms with Gasteiger partial charge < -0.3 is 10.4 Å². The summed E-state index contributed by atoms with van der Waals surface area (Å²) in [6.07, 6.45) is 3.94. The Kier molecular flexibility index (Phi) is 2.03. The van der Waals surface area contributed by atoms with Gasteiger partial charge in [-0.1, -0.05) is 0 Å². The lowest BCUT2D eigenvalue weighted by molar-refractivity contribution is 0.0699. The molecule has 0 aromatic carbocycles. The van der Waals surface area contributed by atoms with Crippen molar-refractivity contribution in [2.45, 2.75) is 18.9 Å². The Morgan fingerprint density at radius 1 is 1.56 bits per heavy atom. The summed E-state index contributed by atoms with van der Waals surface area (Å²) < 4.78 is 0.804. The number of hydrogen-bond donors (Lipinski definition) is 2. The molecule has 82 valence electrons. The summed E-state index contributed by atoms with van der Waals surface area (Å²) in [7, 11) is 0. The highest BCUT2D eigenvalue weighted by atomic mass is 32.1. The molecule has 1 saturated carbocycles. The van der Waals surface area contributed by atoms with Crippen LogP contribution >= 0.6 is 11.3 Å². The van der Waals surface area contributed by atoms with Crippen LogP contribution in [-0.2, 0) is 0 Å². The zero-order chi connectivity index (χ0) is 11.1. The van der Waals surface area contributed by atoms with E-state index in [4.69, 9.17) is 5.11 Å². The van der Waals surface area contributed by atoms with E-state index in [1.165, 1.54) is 11.3 Å². The summed E-state index contributed by atoms with van der Waals surface area (Å²) in [5.41, 5.74) is 0.775. The molecule has 2 aromatic heterocycles. The summed E-state index contributed by atoms with van der Waals surface area (Å²) in [6.45, 7) is 0. The number of carboxylic acid groups (broad SMARTS) is 1. The van der Waals surface area contributed by atoms with Crippen LogP contribution in [0.5, 0.6) is 0 Å². The maximum Gasteiger partial charge on any atom is 0.338 e. The molecular weight excluding hydrogens is 226 g/mol.